The van der Waals surface area contributed by atoms with E-state index in [-0.39, 0.29) is 22.3 Å². The van der Waals surface area contributed by atoms with Crippen molar-refractivity contribution in [1.82, 2.24) is 14.5 Å². The molecule has 4 rings (SSSR count). The molecule has 3 saturated heterocycles. The van der Waals surface area contributed by atoms with Crippen LogP contribution in [0.2, 0.25) is 0 Å². The monoisotopic (exact) mass is 399 g/mol. The summed E-state index contributed by atoms with van der Waals surface area (Å²) in [6.07, 6.45) is 2.36. The van der Waals surface area contributed by atoms with Crippen LogP contribution >= 0.6 is 11.3 Å². The van der Waals surface area contributed by atoms with Crippen molar-refractivity contribution in [2.24, 2.45) is 11.8 Å². The van der Waals surface area contributed by atoms with Crippen LogP contribution in [0.3, 0.4) is 0 Å². The van der Waals surface area contributed by atoms with Crippen molar-refractivity contribution in [3.8, 4) is 0 Å². The molecule has 2 bridgehead atoms. The van der Waals surface area contributed by atoms with Crippen LogP contribution in [0.5, 0.6) is 0 Å². The van der Waals surface area contributed by atoms with Crippen LogP contribution in [-0.2, 0) is 19.6 Å². The van der Waals surface area contributed by atoms with E-state index >= 15 is 0 Å². The van der Waals surface area contributed by atoms with Crippen LogP contribution < -0.4 is 4.72 Å². The molecular weight excluding hydrogens is 374 g/mol. The van der Waals surface area contributed by atoms with Gasteiger partial charge < -0.3 is 14.5 Å². The normalized spacial score (nSPS) is 33.2. The topological polar surface area (TPSA) is 79.0 Å². The number of hydrogen-bond acceptors (Lipinski definition) is 6. The molecule has 3 aliphatic rings. The zero-order valence-corrected chi connectivity index (χ0v) is 16.7. The van der Waals surface area contributed by atoms with E-state index in [0.29, 0.717) is 31.0 Å². The van der Waals surface area contributed by atoms with Gasteiger partial charge in [0.15, 0.2) is 0 Å². The third-order valence-corrected chi connectivity index (χ3v) is 8.68. The van der Waals surface area contributed by atoms with Gasteiger partial charge in [0, 0.05) is 24.9 Å². The Morgan fingerprint density at radius 3 is 3.00 bits per heavy atom. The van der Waals surface area contributed by atoms with E-state index in [1.54, 1.807) is 16.3 Å². The standard InChI is InChI=1S/C17H25N3O4S2/c1-19(2)9-12-13-10-20(11-17(13)6-5-14(12)24-17)15(21)8-18-26(22,23)16-4-3-7-25-16/h3-4,7,12-14,18H,5-6,8-11H2,1-2H3/t12-,13+,14+,17+/m1/s1. The lowest BCUT2D eigenvalue weighted by molar-refractivity contribution is -0.130. The minimum absolute atomic E-state index is 0.176. The Labute approximate surface area is 158 Å². The number of nitrogens with one attached hydrogen (secondary N) is 1. The van der Waals surface area contributed by atoms with E-state index in [0.717, 1.165) is 30.7 Å². The van der Waals surface area contributed by atoms with Crippen LogP contribution in [0.25, 0.3) is 0 Å². The van der Waals surface area contributed by atoms with Gasteiger partial charge in [-0.3, -0.25) is 4.79 Å². The second-order valence-electron chi connectivity index (χ2n) is 7.82. The molecule has 3 aliphatic heterocycles. The van der Waals surface area contributed by atoms with Gasteiger partial charge in [-0.15, -0.1) is 11.3 Å². The summed E-state index contributed by atoms with van der Waals surface area (Å²) in [6, 6.07) is 3.22. The summed E-state index contributed by atoms with van der Waals surface area (Å²) in [4.78, 5) is 16.6. The number of rotatable bonds is 6. The maximum Gasteiger partial charge on any atom is 0.250 e. The number of ether oxygens (including phenoxy) is 1. The van der Waals surface area contributed by atoms with Gasteiger partial charge in [-0.25, -0.2) is 13.1 Å². The van der Waals surface area contributed by atoms with E-state index in [9.17, 15) is 13.2 Å². The number of sulfonamides is 1. The van der Waals surface area contributed by atoms with Gasteiger partial charge in [0.2, 0.25) is 5.91 Å². The summed E-state index contributed by atoms with van der Waals surface area (Å²) < 4.78 is 33.4. The van der Waals surface area contributed by atoms with Gasteiger partial charge >= 0.3 is 0 Å². The highest BCUT2D eigenvalue weighted by atomic mass is 32.2. The average Bonchev–Trinajstić information content (AvgIpc) is 3.33. The first kappa shape index (κ1) is 18.4. The Hall–Kier alpha value is -1.00. The molecule has 4 atom stereocenters. The molecule has 1 amide bonds. The minimum Gasteiger partial charge on any atom is -0.369 e. The Morgan fingerprint density at radius 2 is 2.31 bits per heavy atom. The molecule has 0 aromatic carbocycles. The summed E-state index contributed by atoms with van der Waals surface area (Å²) in [5.41, 5.74) is -0.215. The lowest BCUT2D eigenvalue weighted by Gasteiger charge is -2.30. The van der Waals surface area contributed by atoms with Crippen molar-refractivity contribution in [3.05, 3.63) is 17.5 Å². The van der Waals surface area contributed by atoms with Crippen molar-refractivity contribution in [2.75, 3.05) is 40.3 Å². The van der Waals surface area contributed by atoms with Gasteiger partial charge in [-0.05, 0) is 38.4 Å². The second-order valence-corrected chi connectivity index (χ2v) is 10.8. The van der Waals surface area contributed by atoms with Crippen molar-refractivity contribution >= 4 is 27.3 Å². The quantitative estimate of drug-likeness (QED) is 0.758. The second kappa shape index (κ2) is 6.56. The van der Waals surface area contributed by atoms with E-state index in [4.69, 9.17) is 4.74 Å². The Kier molecular flexibility index (Phi) is 4.63. The maximum absolute atomic E-state index is 12.6. The van der Waals surface area contributed by atoms with Crippen LogP contribution in [0, 0.1) is 11.8 Å². The molecule has 3 fully saturated rings. The van der Waals surface area contributed by atoms with E-state index in [1.807, 2.05) is 0 Å². The highest BCUT2D eigenvalue weighted by Gasteiger charge is 2.63. The molecule has 26 heavy (non-hydrogen) atoms. The SMILES string of the molecule is CN(C)C[C@H]1[C@@H]2CC[C@@]3(CN(C(=O)CNS(=O)(=O)c4cccs4)C[C@@H]13)O2. The molecular formula is C17H25N3O4S2. The summed E-state index contributed by atoms with van der Waals surface area (Å²) in [5.74, 6) is 0.616. The molecule has 4 heterocycles. The summed E-state index contributed by atoms with van der Waals surface area (Å²) in [5, 5.41) is 1.70. The smallest absolute Gasteiger partial charge is 0.250 e. The molecule has 1 spiro atoms. The molecule has 0 radical (unpaired) electrons. The van der Waals surface area contributed by atoms with Gasteiger partial charge in [-0.1, -0.05) is 6.07 Å². The predicted octanol–water partition coefficient (Wildman–Crippen LogP) is 0.594. The molecule has 0 saturated carbocycles. The number of carbonyl (C=O) groups excluding carboxylic acids is 1. The van der Waals surface area contributed by atoms with Crippen molar-refractivity contribution in [3.63, 3.8) is 0 Å². The average molecular weight is 400 g/mol. The fourth-order valence-corrected chi connectivity index (χ4v) is 6.81. The highest BCUT2D eigenvalue weighted by molar-refractivity contribution is 7.91. The highest BCUT2D eigenvalue weighted by Crippen LogP contribution is 2.54. The van der Waals surface area contributed by atoms with Crippen LogP contribution in [-0.4, -0.2) is 76.1 Å². The molecule has 1 aromatic heterocycles. The molecule has 0 unspecified atom stereocenters. The summed E-state index contributed by atoms with van der Waals surface area (Å²) in [6.45, 7) is 2.00. The minimum atomic E-state index is -3.62. The number of amides is 1. The fraction of sp³-hybridized carbons (Fsp3) is 0.706. The lowest BCUT2D eigenvalue weighted by atomic mass is 9.73. The maximum atomic E-state index is 12.6. The predicted molar refractivity (Wildman–Crippen MR) is 98.5 cm³/mol. The van der Waals surface area contributed by atoms with Crippen molar-refractivity contribution in [2.45, 2.75) is 28.8 Å². The summed E-state index contributed by atoms with van der Waals surface area (Å²) >= 11 is 1.14. The number of nitrogens with zero attached hydrogens (tertiary/aromatic N) is 2. The number of thiophene rings is 1. The Bertz CT molecular complexity index is 780. The van der Waals surface area contributed by atoms with Gasteiger partial charge in [-0.2, -0.15) is 0 Å². The fourth-order valence-electron chi connectivity index (χ4n) is 4.80. The number of carbonyl (C=O) groups is 1. The molecule has 1 aromatic rings. The third kappa shape index (κ3) is 3.09. The van der Waals surface area contributed by atoms with E-state index < -0.39 is 10.0 Å². The van der Waals surface area contributed by atoms with Gasteiger partial charge in [0.25, 0.3) is 10.0 Å². The molecule has 1 N–H and O–H groups in total. The summed E-state index contributed by atoms with van der Waals surface area (Å²) in [7, 11) is 0.514. The third-order valence-electron chi connectivity index (χ3n) is 5.89. The first-order chi connectivity index (χ1) is 12.3. The van der Waals surface area contributed by atoms with Gasteiger partial charge in [0.1, 0.15) is 4.21 Å². The zero-order chi connectivity index (χ0) is 18.5. The first-order valence-electron chi connectivity index (χ1n) is 8.94. The van der Waals surface area contributed by atoms with Crippen LogP contribution in [0.1, 0.15) is 12.8 Å². The Balaban J connectivity index is 1.40. The number of likely N-dealkylation sites (tertiary alicyclic amines) is 1. The largest absolute Gasteiger partial charge is 0.369 e. The lowest BCUT2D eigenvalue weighted by Crippen LogP contribution is -2.41. The van der Waals surface area contributed by atoms with E-state index in [1.165, 1.54) is 6.07 Å². The van der Waals surface area contributed by atoms with Crippen molar-refractivity contribution < 1.29 is 17.9 Å². The Morgan fingerprint density at radius 1 is 1.50 bits per heavy atom. The molecule has 144 valence electrons. The number of hydrogen-bond donors (Lipinski definition) is 1. The van der Waals surface area contributed by atoms with Gasteiger partial charge in [0.05, 0.1) is 24.8 Å². The number of fused-ring (bicyclic) bond motifs is 1. The molecule has 9 heteroatoms. The molecule has 0 aliphatic carbocycles. The van der Waals surface area contributed by atoms with Crippen LogP contribution in [0.4, 0.5) is 0 Å². The van der Waals surface area contributed by atoms with Crippen LogP contribution in [0.15, 0.2) is 21.7 Å². The van der Waals surface area contributed by atoms with E-state index in [2.05, 4.69) is 23.7 Å². The van der Waals surface area contributed by atoms with Crippen molar-refractivity contribution in [1.29, 1.82) is 0 Å². The first-order valence-corrected chi connectivity index (χ1v) is 11.3. The zero-order valence-electron chi connectivity index (χ0n) is 15.1. The molecule has 7 nitrogen and oxygen atoms in total.